The number of carbonyl (C=O) groups excluding carboxylic acids is 2. The molecule has 0 unspecified atom stereocenters. The summed E-state index contributed by atoms with van der Waals surface area (Å²) in [7, 11) is 0. The number of rotatable bonds is 4. The summed E-state index contributed by atoms with van der Waals surface area (Å²) in [5, 5.41) is 14.1. The lowest BCUT2D eigenvalue weighted by atomic mass is 9.91. The minimum absolute atomic E-state index is 0.267. The summed E-state index contributed by atoms with van der Waals surface area (Å²) < 4.78 is 14.2. The molecule has 1 aliphatic heterocycles. The number of halogens is 1. The van der Waals surface area contributed by atoms with E-state index in [0.717, 1.165) is 11.3 Å². The van der Waals surface area contributed by atoms with E-state index in [0.29, 0.717) is 28.7 Å². The number of hydrogen-bond acceptors (Lipinski definition) is 4. The number of nitrogens with zero attached hydrogens (tertiary/aromatic N) is 1. The fourth-order valence-corrected chi connectivity index (χ4v) is 3.30. The van der Waals surface area contributed by atoms with Gasteiger partial charge in [0, 0.05) is 28.6 Å². The molecule has 2 N–H and O–H groups in total. The molecule has 1 aliphatic rings. The van der Waals surface area contributed by atoms with Gasteiger partial charge in [-0.2, -0.15) is 5.26 Å². The molecule has 3 aromatic carbocycles. The Hall–Kier alpha value is -4.24. The van der Waals surface area contributed by atoms with Crippen molar-refractivity contribution in [2.75, 3.05) is 5.32 Å². The lowest BCUT2D eigenvalue weighted by Gasteiger charge is -2.19. The van der Waals surface area contributed by atoms with Gasteiger partial charge >= 0.3 is 0 Å². The first-order valence-corrected chi connectivity index (χ1v) is 9.24. The highest BCUT2D eigenvalue weighted by Crippen LogP contribution is 2.31. The van der Waals surface area contributed by atoms with Gasteiger partial charge < -0.3 is 5.32 Å². The lowest BCUT2D eigenvalue weighted by molar-refractivity contribution is -0.114. The smallest absolute Gasteiger partial charge is 0.260 e. The molecule has 0 bridgehead atoms. The Morgan fingerprint density at radius 1 is 0.933 bits per heavy atom. The summed E-state index contributed by atoms with van der Waals surface area (Å²) in [5.41, 5.74) is 3.60. The molecule has 1 heterocycles. The fourth-order valence-electron chi connectivity index (χ4n) is 3.30. The molecule has 0 atom stereocenters. The van der Waals surface area contributed by atoms with Gasteiger partial charge in [0.05, 0.1) is 18.1 Å². The molecular weight excluding hydrogens is 381 g/mol. The average molecular weight is 397 g/mol. The predicted octanol–water partition coefficient (Wildman–Crippen LogP) is 4.28. The van der Waals surface area contributed by atoms with Crippen molar-refractivity contribution < 1.29 is 14.0 Å². The van der Waals surface area contributed by atoms with Gasteiger partial charge in [0.25, 0.3) is 11.8 Å². The first-order chi connectivity index (χ1) is 14.6. The highest BCUT2D eigenvalue weighted by molar-refractivity contribution is 6.31. The molecule has 0 fully saturated rings. The van der Waals surface area contributed by atoms with Crippen LogP contribution in [0.1, 0.15) is 21.5 Å². The van der Waals surface area contributed by atoms with E-state index in [1.54, 1.807) is 48.5 Å². The first kappa shape index (κ1) is 19.1. The molecule has 30 heavy (non-hydrogen) atoms. The maximum Gasteiger partial charge on any atom is 0.260 e. The quantitative estimate of drug-likeness (QED) is 0.509. The first-order valence-electron chi connectivity index (χ1n) is 9.24. The van der Waals surface area contributed by atoms with Crippen molar-refractivity contribution in [3.63, 3.8) is 0 Å². The van der Waals surface area contributed by atoms with E-state index in [2.05, 4.69) is 16.7 Å². The van der Waals surface area contributed by atoms with Crippen molar-refractivity contribution in [2.24, 2.45) is 0 Å². The molecule has 0 spiro atoms. The van der Waals surface area contributed by atoms with E-state index in [1.165, 1.54) is 12.3 Å². The normalized spacial score (nSPS) is 14.1. The molecule has 3 aromatic rings. The Morgan fingerprint density at radius 2 is 1.70 bits per heavy atom. The third-order valence-corrected chi connectivity index (χ3v) is 4.83. The molecule has 0 radical (unpaired) electrons. The van der Waals surface area contributed by atoms with Gasteiger partial charge in [-0.3, -0.25) is 14.9 Å². The zero-order valence-electron chi connectivity index (χ0n) is 15.8. The van der Waals surface area contributed by atoms with Gasteiger partial charge in [0.15, 0.2) is 0 Å². The maximum atomic E-state index is 14.2. The number of anilines is 1. The molecular formula is C24H16FN3O2. The summed E-state index contributed by atoms with van der Waals surface area (Å²) >= 11 is 0. The molecule has 0 saturated carbocycles. The Balaban J connectivity index is 1.72. The van der Waals surface area contributed by atoms with Crippen molar-refractivity contribution in [2.45, 2.75) is 6.42 Å². The second kappa shape index (κ2) is 8.02. The van der Waals surface area contributed by atoms with Crippen LogP contribution in [0.4, 0.5) is 10.1 Å². The summed E-state index contributed by atoms with van der Waals surface area (Å²) in [6.07, 6.45) is 1.84. The molecule has 0 aliphatic carbocycles. The number of nitriles is 1. The van der Waals surface area contributed by atoms with Crippen LogP contribution in [-0.2, 0) is 11.2 Å². The van der Waals surface area contributed by atoms with E-state index >= 15 is 0 Å². The van der Waals surface area contributed by atoms with Gasteiger partial charge in [0.2, 0.25) is 0 Å². The van der Waals surface area contributed by atoms with Crippen LogP contribution < -0.4 is 10.6 Å². The van der Waals surface area contributed by atoms with Crippen LogP contribution in [0.15, 0.2) is 72.9 Å². The number of imide groups is 1. The average Bonchev–Trinajstić information content (AvgIpc) is 2.75. The van der Waals surface area contributed by atoms with Crippen LogP contribution in [0.5, 0.6) is 0 Å². The van der Waals surface area contributed by atoms with Gasteiger partial charge in [-0.1, -0.05) is 36.4 Å². The highest BCUT2D eigenvalue weighted by Gasteiger charge is 2.27. The Labute approximate surface area is 172 Å². The Morgan fingerprint density at radius 3 is 2.43 bits per heavy atom. The molecule has 0 saturated heterocycles. The fraction of sp³-hybridized carbons (Fsp3) is 0.0417. The molecule has 0 aromatic heterocycles. The maximum absolute atomic E-state index is 14.2. The summed E-state index contributed by atoms with van der Waals surface area (Å²) in [4.78, 5) is 24.7. The zero-order valence-corrected chi connectivity index (χ0v) is 15.8. The van der Waals surface area contributed by atoms with Gasteiger partial charge in [-0.25, -0.2) is 4.39 Å². The number of amides is 2. The van der Waals surface area contributed by atoms with Gasteiger partial charge in [0.1, 0.15) is 5.82 Å². The van der Waals surface area contributed by atoms with Crippen LogP contribution in [0.2, 0.25) is 0 Å². The Kier molecular flexibility index (Phi) is 5.10. The number of nitrogens with one attached hydrogen (secondary N) is 2. The van der Waals surface area contributed by atoms with Crippen LogP contribution in [-0.4, -0.2) is 11.8 Å². The predicted molar refractivity (Wildman–Crippen MR) is 112 cm³/mol. The van der Waals surface area contributed by atoms with Crippen LogP contribution >= 0.6 is 0 Å². The summed E-state index contributed by atoms with van der Waals surface area (Å²) in [6, 6.07) is 20.5. The molecule has 4 rings (SSSR count). The molecule has 6 heteroatoms. The molecule has 146 valence electrons. The Bertz CT molecular complexity index is 1220. The standard InChI is InChI=1S/C24H16FN3O2/c25-22-4-2-1-3-18(22)16-7-10-19-20(13-16)21(24(30)28-23(19)29)14-27-17-8-5-15(6-9-17)11-12-26/h1-10,13-14,27H,11H2,(H,28,29,30). The van der Waals surface area contributed by atoms with Gasteiger partial charge in [-0.05, 0) is 41.5 Å². The summed E-state index contributed by atoms with van der Waals surface area (Å²) in [5.74, 6) is -1.41. The number of benzene rings is 3. The van der Waals surface area contributed by atoms with Gasteiger partial charge in [-0.15, -0.1) is 0 Å². The minimum Gasteiger partial charge on any atom is -0.361 e. The van der Waals surface area contributed by atoms with E-state index in [1.807, 2.05) is 12.1 Å². The van der Waals surface area contributed by atoms with Crippen molar-refractivity contribution in [1.82, 2.24) is 5.32 Å². The van der Waals surface area contributed by atoms with Crippen molar-refractivity contribution in [1.29, 1.82) is 5.26 Å². The topological polar surface area (TPSA) is 82.0 Å². The second-order valence-electron chi connectivity index (χ2n) is 6.76. The van der Waals surface area contributed by atoms with Crippen LogP contribution in [0.25, 0.3) is 16.7 Å². The minimum atomic E-state index is -0.535. The molecule has 2 amide bonds. The highest BCUT2D eigenvalue weighted by atomic mass is 19.1. The molecule has 5 nitrogen and oxygen atoms in total. The number of hydrogen-bond donors (Lipinski definition) is 2. The summed E-state index contributed by atoms with van der Waals surface area (Å²) in [6.45, 7) is 0. The third kappa shape index (κ3) is 3.69. The van der Waals surface area contributed by atoms with Crippen molar-refractivity contribution in [3.05, 3.63) is 95.4 Å². The SMILES string of the molecule is N#CCc1ccc(NC=C2C(=O)NC(=O)c3ccc(-c4ccccc4F)cc32)cc1. The van der Waals surface area contributed by atoms with Crippen molar-refractivity contribution >= 4 is 23.1 Å². The van der Waals surface area contributed by atoms with E-state index in [9.17, 15) is 14.0 Å². The zero-order chi connectivity index (χ0) is 21.1. The monoisotopic (exact) mass is 397 g/mol. The third-order valence-electron chi connectivity index (χ3n) is 4.83. The van der Waals surface area contributed by atoms with E-state index in [-0.39, 0.29) is 11.4 Å². The largest absolute Gasteiger partial charge is 0.361 e. The second-order valence-corrected chi connectivity index (χ2v) is 6.76. The number of fused-ring (bicyclic) bond motifs is 1. The number of carbonyl (C=O) groups is 2. The van der Waals surface area contributed by atoms with Crippen LogP contribution in [0.3, 0.4) is 0 Å². The van der Waals surface area contributed by atoms with Crippen LogP contribution in [0, 0.1) is 17.1 Å². The van der Waals surface area contributed by atoms with Crippen molar-refractivity contribution in [3.8, 4) is 17.2 Å². The van der Waals surface area contributed by atoms with E-state index in [4.69, 9.17) is 5.26 Å². The lowest BCUT2D eigenvalue weighted by Crippen LogP contribution is -2.36. The van der Waals surface area contributed by atoms with E-state index < -0.39 is 11.8 Å².